The van der Waals surface area contributed by atoms with Gasteiger partial charge in [0.25, 0.3) is 0 Å². The van der Waals surface area contributed by atoms with E-state index in [1.807, 2.05) is 30.3 Å². The summed E-state index contributed by atoms with van der Waals surface area (Å²) >= 11 is 0. The zero-order valence-electron chi connectivity index (χ0n) is 9.20. The molecule has 4 nitrogen and oxygen atoms in total. The minimum Gasteiger partial charge on any atom is -0.794 e. The Balaban J connectivity index is 0.00000128. The van der Waals surface area contributed by atoms with Crippen molar-refractivity contribution in [3.63, 3.8) is 0 Å². The SMILES string of the molecule is CP(=O)([O-])c1nccn1-c1ccccc1.[K+]. The molecule has 1 unspecified atom stereocenters. The summed E-state index contributed by atoms with van der Waals surface area (Å²) in [6.45, 7) is 1.18. The number of hydrogen-bond donors (Lipinski definition) is 0. The van der Waals surface area contributed by atoms with Crippen molar-refractivity contribution < 1.29 is 60.8 Å². The molecule has 0 saturated carbocycles. The summed E-state index contributed by atoms with van der Waals surface area (Å²) < 4.78 is 13.0. The van der Waals surface area contributed by atoms with E-state index in [-0.39, 0.29) is 57.0 Å². The Bertz CT molecular complexity index is 507. The Morgan fingerprint density at radius 3 is 2.50 bits per heavy atom. The minimum atomic E-state index is -3.57. The van der Waals surface area contributed by atoms with Gasteiger partial charge in [-0.05, 0) is 18.8 Å². The first kappa shape index (κ1) is 14.3. The maximum atomic E-state index is 11.4. The molecular formula is C10H10KN2O2P. The number of nitrogens with zero attached hydrogens (tertiary/aromatic N) is 2. The monoisotopic (exact) mass is 260 g/mol. The Hall–Kier alpha value is 0.256. The van der Waals surface area contributed by atoms with Crippen molar-refractivity contribution in [2.24, 2.45) is 0 Å². The Kier molecular flexibility index (Phi) is 5.13. The maximum Gasteiger partial charge on any atom is 1.00 e. The van der Waals surface area contributed by atoms with Crippen molar-refractivity contribution in [3.05, 3.63) is 42.7 Å². The van der Waals surface area contributed by atoms with E-state index in [9.17, 15) is 9.46 Å². The van der Waals surface area contributed by atoms with Crippen molar-refractivity contribution in [1.29, 1.82) is 0 Å². The van der Waals surface area contributed by atoms with E-state index in [4.69, 9.17) is 0 Å². The smallest absolute Gasteiger partial charge is 0.794 e. The number of aromatic nitrogens is 2. The van der Waals surface area contributed by atoms with Gasteiger partial charge in [-0.15, -0.1) is 0 Å². The summed E-state index contributed by atoms with van der Waals surface area (Å²) in [4.78, 5) is 15.3. The molecule has 0 aliphatic carbocycles. The summed E-state index contributed by atoms with van der Waals surface area (Å²) in [5.41, 5.74) is 0.886. The fourth-order valence-electron chi connectivity index (χ4n) is 1.39. The van der Waals surface area contributed by atoms with Crippen LogP contribution >= 0.6 is 7.37 Å². The maximum absolute atomic E-state index is 11.4. The molecule has 1 atom stereocenters. The normalized spacial score (nSPS) is 13.9. The van der Waals surface area contributed by atoms with Crippen LogP contribution in [0.5, 0.6) is 0 Å². The van der Waals surface area contributed by atoms with E-state index in [0.29, 0.717) is 0 Å². The first-order valence-corrected chi connectivity index (χ1v) is 6.54. The number of imidazole rings is 1. The first-order chi connectivity index (χ1) is 7.09. The molecule has 1 aromatic carbocycles. The van der Waals surface area contributed by atoms with Gasteiger partial charge in [-0.3, -0.25) is 4.57 Å². The molecule has 0 fully saturated rings. The number of hydrogen-bond acceptors (Lipinski definition) is 3. The first-order valence-electron chi connectivity index (χ1n) is 4.47. The third-order valence-corrected chi connectivity index (χ3v) is 3.08. The van der Waals surface area contributed by atoms with Gasteiger partial charge in [-0.1, -0.05) is 18.2 Å². The second kappa shape index (κ2) is 5.73. The van der Waals surface area contributed by atoms with Crippen LogP contribution in [0.1, 0.15) is 0 Å². The summed E-state index contributed by atoms with van der Waals surface area (Å²) in [5, 5.41) is 0. The van der Waals surface area contributed by atoms with E-state index in [2.05, 4.69) is 4.98 Å². The molecule has 0 aliphatic rings. The molecular weight excluding hydrogens is 250 g/mol. The molecule has 0 saturated heterocycles. The average Bonchev–Trinajstić information content (AvgIpc) is 2.67. The number of benzene rings is 1. The molecule has 6 heteroatoms. The van der Waals surface area contributed by atoms with Crippen LogP contribution in [0, 0.1) is 0 Å². The molecule has 78 valence electrons. The largest absolute Gasteiger partial charge is 1.00 e. The molecule has 1 heterocycles. The molecule has 0 bridgehead atoms. The average molecular weight is 260 g/mol. The Morgan fingerprint density at radius 2 is 1.94 bits per heavy atom. The molecule has 0 N–H and O–H groups in total. The summed E-state index contributed by atoms with van der Waals surface area (Å²) in [6.07, 6.45) is 3.12. The predicted octanol–water partition coefficient (Wildman–Crippen LogP) is -2.23. The molecule has 0 radical (unpaired) electrons. The summed E-state index contributed by atoms with van der Waals surface area (Å²) in [5.74, 6) is 0. The molecule has 2 aromatic rings. The van der Waals surface area contributed by atoms with Gasteiger partial charge in [-0.25, -0.2) is 4.98 Å². The van der Waals surface area contributed by atoms with Crippen LogP contribution in [0.4, 0.5) is 0 Å². The van der Waals surface area contributed by atoms with Crippen molar-refractivity contribution in [2.45, 2.75) is 0 Å². The second-order valence-electron chi connectivity index (χ2n) is 3.28. The van der Waals surface area contributed by atoms with Crippen molar-refractivity contribution in [2.75, 3.05) is 6.66 Å². The van der Waals surface area contributed by atoms with Gasteiger partial charge in [0.2, 0.25) is 0 Å². The zero-order chi connectivity index (χ0) is 10.9. The molecule has 0 amide bonds. The van der Waals surface area contributed by atoms with Crippen LogP contribution in [0.15, 0.2) is 42.7 Å². The van der Waals surface area contributed by atoms with Crippen LogP contribution in [0.25, 0.3) is 5.69 Å². The van der Waals surface area contributed by atoms with Gasteiger partial charge >= 0.3 is 51.4 Å². The Labute approximate surface area is 137 Å². The van der Waals surface area contributed by atoms with E-state index in [1.165, 1.54) is 12.9 Å². The van der Waals surface area contributed by atoms with Gasteiger partial charge in [0.1, 0.15) is 0 Å². The summed E-state index contributed by atoms with van der Waals surface area (Å²) in [7, 11) is -3.57. The van der Waals surface area contributed by atoms with Crippen molar-refractivity contribution >= 4 is 12.9 Å². The van der Waals surface area contributed by atoms with Crippen LogP contribution < -0.4 is 61.8 Å². The van der Waals surface area contributed by atoms with Crippen LogP contribution in [0.3, 0.4) is 0 Å². The van der Waals surface area contributed by atoms with Gasteiger partial charge in [0.05, 0.1) is 7.37 Å². The van der Waals surface area contributed by atoms with Crippen LogP contribution in [0.2, 0.25) is 0 Å². The Morgan fingerprint density at radius 1 is 1.31 bits per heavy atom. The quantitative estimate of drug-likeness (QED) is 0.453. The third-order valence-electron chi connectivity index (χ3n) is 2.02. The number of rotatable bonds is 2. The van der Waals surface area contributed by atoms with Gasteiger partial charge < -0.3 is 9.46 Å². The molecule has 2 rings (SSSR count). The molecule has 1 aromatic heterocycles. The second-order valence-corrected chi connectivity index (χ2v) is 5.37. The summed E-state index contributed by atoms with van der Waals surface area (Å²) in [6, 6.07) is 9.25. The zero-order valence-corrected chi connectivity index (χ0v) is 13.2. The number of para-hydroxylation sites is 1. The third kappa shape index (κ3) is 3.14. The predicted molar refractivity (Wildman–Crippen MR) is 56.7 cm³/mol. The van der Waals surface area contributed by atoms with Crippen molar-refractivity contribution in [1.82, 2.24) is 9.55 Å². The standard InChI is InChI=1S/C10H11N2O2P.K/c1-15(13,14)10-11-7-8-12(10)9-5-3-2-4-6-9;/h2-8H,1H3,(H,13,14);/q;+1/p-1. The fourth-order valence-corrected chi connectivity index (χ4v) is 2.24. The topological polar surface area (TPSA) is 57.9 Å². The molecule has 0 spiro atoms. The minimum absolute atomic E-state index is 0. The molecule has 0 aliphatic heterocycles. The van der Waals surface area contributed by atoms with Gasteiger partial charge in [-0.2, -0.15) is 0 Å². The van der Waals surface area contributed by atoms with Gasteiger partial charge in [0.15, 0.2) is 5.57 Å². The van der Waals surface area contributed by atoms with Gasteiger partial charge in [0, 0.05) is 18.1 Å². The van der Waals surface area contributed by atoms with Crippen LogP contribution in [-0.2, 0) is 4.57 Å². The van der Waals surface area contributed by atoms with E-state index >= 15 is 0 Å². The van der Waals surface area contributed by atoms with Crippen LogP contribution in [-0.4, -0.2) is 16.2 Å². The van der Waals surface area contributed by atoms with E-state index in [0.717, 1.165) is 5.69 Å². The van der Waals surface area contributed by atoms with E-state index in [1.54, 1.807) is 10.8 Å². The fraction of sp³-hybridized carbons (Fsp3) is 0.100. The van der Waals surface area contributed by atoms with E-state index < -0.39 is 7.37 Å². The van der Waals surface area contributed by atoms with Crippen molar-refractivity contribution in [3.8, 4) is 5.69 Å². The molecule has 16 heavy (non-hydrogen) atoms.